The molecule has 1 fully saturated rings. The maximum absolute atomic E-state index is 12.1. The van der Waals surface area contributed by atoms with E-state index in [2.05, 4.69) is 4.98 Å². The molecule has 2 aromatic rings. The van der Waals surface area contributed by atoms with Crippen LogP contribution in [0.2, 0.25) is 0 Å². The van der Waals surface area contributed by atoms with Gasteiger partial charge in [-0.3, -0.25) is 4.79 Å². The Balaban J connectivity index is 1.99. The van der Waals surface area contributed by atoms with Gasteiger partial charge < -0.3 is 14.5 Å². The standard InChI is InChI=1S/C14H11NO5/c16-12-7-9(8-3-1-2-4-10(8)15-12)13(17)20-11-5-6-19-14(11)18/h1-4,7,11H,5-6H2,(H,15,16)/t11-/m0/s1. The number of cyclic esters (lactones) is 1. The summed E-state index contributed by atoms with van der Waals surface area (Å²) in [6, 6.07) is 8.07. The highest BCUT2D eigenvalue weighted by molar-refractivity contribution is 6.03. The molecule has 6 nitrogen and oxygen atoms in total. The average molecular weight is 273 g/mol. The Hall–Kier alpha value is -2.63. The third-order valence-electron chi connectivity index (χ3n) is 3.11. The van der Waals surface area contributed by atoms with E-state index in [4.69, 9.17) is 9.47 Å². The second kappa shape index (κ2) is 4.80. The number of aromatic amines is 1. The highest BCUT2D eigenvalue weighted by Crippen LogP contribution is 2.18. The monoisotopic (exact) mass is 273 g/mol. The normalized spacial score (nSPS) is 18.0. The Morgan fingerprint density at radius 3 is 2.85 bits per heavy atom. The molecule has 0 aliphatic carbocycles. The number of hydrogen-bond donors (Lipinski definition) is 1. The largest absolute Gasteiger partial charge is 0.463 e. The minimum absolute atomic E-state index is 0.143. The van der Waals surface area contributed by atoms with Gasteiger partial charge in [-0.15, -0.1) is 0 Å². The number of aromatic nitrogens is 1. The molecule has 3 rings (SSSR count). The lowest BCUT2D eigenvalue weighted by atomic mass is 10.1. The molecule has 1 saturated heterocycles. The number of fused-ring (bicyclic) bond motifs is 1. The summed E-state index contributed by atoms with van der Waals surface area (Å²) in [4.78, 5) is 37.6. The van der Waals surface area contributed by atoms with Crippen molar-refractivity contribution in [2.75, 3.05) is 6.61 Å². The summed E-state index contributed by atoms with van der Waals surface area (Å²) in [6.07, 6.45) is -0.549. The van der Waals surface area contributed by atoms with Crippen LogP contribution in [0.4, 0.5) is 0 Å². The van der Waals surface area contributed by atoms with Gasteiger partial charge >= 0.3 is 11.9 Å². The number of rotatable bonds is 2. The van der Waals surface area contributed by atoms with Crippen molar-refractivity contribution < 1.29 is 19.1 Å². The zero-order valence-electron chi connectivity index (χ0n) is 10.4. The quantitative estimate of drug-likeness (QED) is 0.825. The van der Waals surface area contributed by atoms with Crippen LogP contribution in [0.1, 0.15) is 16.8 Å². The fourth-order valence-corrected chi connectivity index (χ4v) is 2.15. The minimum Gasteiger partial charge on any atom is -0.463 e. The molecule has 0 radical (unpaired) electrons. The van der Waals surface area contributed by atoms with Gasteiger partial charge in [0.15, 0.2) is 0 Å². The third-order valence-corrected chi connectivity index (χ3v) is 3.11. The summed E-state index contributed by atoms with van der Waals surface area (Å²) < 4.78 is 9.84. The number of H-pyrrole nitrogens is 1. The predicted molar refractivity (Wildman–Crippen MR) is 69.3 cm³/mol. The first-order valence-corrected chi connectivity index (χ1v) is 6.15. The van der Waals surface area contributed by atoms with Crippen LogP contribution >= 0.6 is 0 Å². The molecule has 20 heavy (non-hydrogen) atoms. The Morgan fingerprint density at radius 1 is 1.30 bits per heavy atom. The Morgan fingerprint density at radius 2 is 2.10 bits per heavy atom. The van der Waals surface area contributed by atoms with Crippen LogP contribution in [0, 0.1) is 0 Å². The number of esters is 2. The number of carbonyl (C=O) groups is 2. The van der Waals surface area contributed by atoms with E-state index in [-0.39, 0.29) is 12.2 Å². The van der Waals surface area contributed by atoms with Crippen molar-refractivity contribution in [2.24, 2.45) is 0 Å². The molecule has 1 aromatic heterocycles. The van der Waals surface area contributed by atoms with Gasteiger partial charge in [0, 0.05) is 23.4 Å². The number of ether oxygens (including phenoxy) is 2. The highest BCUT2D eigenvalue weighted by atomic mass is 16.6. The molecular formula is C14H11NO5. The van der Waals surface area contributed by atoms with Crippen LogP contribution < -0.4 is 5.56 Å². The van der Waals surface area contributed by atoms with Crippen LogP contribution in [0.5, 0.6) is 0 Å². The lowest BCUT2D eigenvalue weighted by Gasteiger charge is -2.09. The number of nitrogens with one attached hydrogen (secondary N) is 1. The van der Waals surface area contributed by atoms with Crippen LogP contribution in [-0.4, -0.2) is 29.6 Å². The summed E-state index contributed by atoms with van der Waals surface area (Å²) in [6.45, 7) is 0.243. The van der Waals surface area contributed by atoms with Crippen molar-refractivity contribution in [3.8, 4) is 0 Å². The van der Waals surface area contributed by atoms with Crippen molar-refractivity contribution in [1.29, 1.82) is 0 Å². The van der Waals surface area contributed by atoms with Crippen LogP contribution in [0.15, 0.2) is 35.1 Å². The van der Waals surface area contributed by atoms with Crippen LogP contribution in [0.3, 0.4) is 0 Å². The van der Waals surface area contributed by atoms with Crippen molar-refractivity contribution in [3.05, 3.63) is 46.2 Å². The van der Waals surface area contributed by atoms with Gasteiger partial charge in [0.25, 0.3) is 0 Å². The maximum atomic E-state index is 12.1. The van der Waals surface area contributed by atoms with Gasteiger partial charge in [0.1, 0.15) is 0 Å². The number of benzene rings is 1. The summed E-state index contributed by atoms with van der Waals surface area (Å²) in [7, 11) is 0. The van der Waals surface area contributed by atoms with Gasteiger partial charge in [-0.05, 0) is 6.07 Å². The van der Waals surface area contributed by atoms with E-state index in [0.29, 0.717) is 17.3 Å². The zero-order valence-corrected chi connectivity index (χ0v) is 10.4. The molecular weight excluding hydrogens is 262 g/mol. The molecule has 102 valence electrons. The van der Waals surface area contributed by atoms with Crippen molar-refractivity contribution in [2.45, 2.75) is 12.5 Å². The third kappa shape index (κ3) is 2.16. The first kappa shape index (κ1) is 12.4. The molecule has 0 unspecified atom stereocenters. The minimum atomic E-state index is -0.888. The maximum Gasteiger partial charge on any atom is 0.347 e. The molecule has 1 N–H and O–H groups in total. The fourth-order valence-electron chi connectivity index (χ4n) is 2.15. The molecule has 0 bridgehead atoms. The number of pyridine rings is 1. The molecule has 1 aliphatic rings. The van der Waals surface area contributed by atoms with Gasteiger partial charge in [-0.2, -0.15) is 0 Å². The Labute approximate surface area is 113 Å². The molecule has 2 heterocycles. The average Bonchev–Trinajstić information content (AvgIpc) is 2.83. The summed E-state index contributed by atoms with van der Waals surface area (Å²) in [5, 5.41) is 0.573. The topological polar surface area (TPSA) is 85.5 Å². The van der Waals surface area contributed by atoms with Crippen molar-refractivity contribution in [3.63, 3.8) is 0 Å². The first-order valence-electron chi connectivity index (χ1n) is 6.15. The Kier molecular flexibility index (Phi) is 2.98. The van der Waals surface area contributed by atoms with Gasteiger partial charge in [-0.1, -0.05) is 18.2 Å². The predicted octanol–water partition coefficient (Wildman–Crippen LogP) is 1.00. The van der Waals surface area contributed by atoms with E-state index in [1.807, 2.05) is 0 Å². The molecule has 0 saturated carbocycles. The lowest BCUT2D eigenvalue weighted by molar-refractivity contribution is -0.145. The van der Waals surface area contributed by atoms with E-state index >= 15 is 0 Å². The van der Waals surface area contributed by atoms with Crippen molar-refractivity contribution >= 4 is 22.8 Å². The van der Waals surface area contributed by atoms with E-state index in [9.17, 15) is 14.4 Å². The van der Waals surface area contributed by atoms with Gasteiger partial charge in [-0.25, -0.2) is 9.59 Å². The molecule has 1 atom stereocenters. The summed E-state index contributed by atoms with van der Waals surface area (Å²) in [5.74, 6) is -1.25. The smallest absolute Gasteiger partial charge is 0.347 e. The van der Waals surface area contributed by atoms with E-state index < -0.39 is 23.6 Å². The fraction of sp³-hybridized carbons (Fsp3) is 0.214. The molecule has 1 aromatic carbocycles. The van der Waals surface area contributed by atoms with E-state index in [0.717, 1.165) is 0 Å². The number of carbonyl (C=O) groups excluding carboxylic acids is 2. The van der Waals surface area contributed by atoms with Gasteiger partial charge in [0.05, 0.1) is 12.2 Å². The molecule has 6 heteroatoms. The molecule has 0 spiro atoms. The number of para-hydroxylation sites is 1. The molecule has 1 aliphatic heterocycles. The highest BCUT2D eigenvalue weighted by Gasteiger charge is 2.31. The van der Waals surface area contributed by atoms with Crippen LogP contribution in [0.25, 0.3) is 10.9 Å². The van der Waals surface area contributed by atoms with Gasteiger partial charge in [0.2, 0.25) is 11.7 Å². The second-order valence-electron chi connectivity index (χ2n) is 4.44. The Bertz CT molecular complexity index is 749. The van der Waals surface area contributed by atoms with Crippen molar-refractivity contribution in [1.82, 2.24) is 4.98 Å². The first-order chi connectivity index (χ1) is 9.65. The summed E-state index contributed by atoms with van der Waals surface area (Å²) >= 11 is 0. The zero-order chi connectivity index (χ0) is 14.1. The lowest BCUT2D eigenvalue weighted by Crippen LogP contribution is -2.23. The summed E-state index contributed by atoms with van der Waals surface area (Å²) in [5.41, 5.74) is 0.287. The number of hydrogen-bond acceptors (Lipinski definition) is 5. The van der Waals surface area contributed by atoms with E-state index in [1.165, 1.54) is 6.07 Å². The SMILES string of the molecule is O=C(O[C@H]1CCOC1=O)c1cc(=O)[nH]c2ccccc12. The molecule has 0 amide bonds. The second-order valence-corrected chi connectivity index (χ2v) is 4.44. The van der Waals surface area contributed by atoms with Crippen LogP contribution in [-0.2, 0) is 14.3 Å². The van der Waals surface area contributed by atoms with E-state index in [1.54, 1.807) is 24.3 Å².